The van der Waals surface area contributed by atoms with E-state index in [0.717, 1.165) is 18.2 Å². The highest BCUT2D eigenvalue weighted by Crippen LogP contribution is 2.28. The van der Waals surface area contributed by atoms with Crippen LogP contribution in [-0.2, 0) is 4.79 Å². The van der Waals surface area contributed by atoms with Crippen molar-refractivity contribution in [3.8, 4) is 0 Å². The van der Waals surface area contributed by atoms with Crippen LogP contribution in [0.1, 0.15) is 34.6 Å². The molecule has 2 rings (SSSR count). The zero-order valence-electron chi connectivity index (χ0n) is 14.0. The maximum Gasteiger partial charge on any atom is 0.253 e. The van der Waals surface area contributed by atoms with Crippen molar-refractivity contribution in [3.63, 3.8) is 0 Å². The van der Waals surface area contributed by atoms with Gasteiger partial charge in [-0.2, -0.15) is 0 Å². The number of primary amides is 1. The minimum atomic E-state index is -1.31. The lowest BCUT2D eigenvalue weighted by Gasteiger charge is -2.22. The van der Waals surface area contributed by atoms with Crippen molar-refractivity contribution in [2.24, 2.45) is 5.73 Å². The molecule has 0 unspecified atom stereocenters. The van der Waals surface area contributed by atoms with Crippen LogP contribution in [0.15, 0.2) is 47.4 Å². The predicted molar refractivity (Wildman–Crippen MR) is 93.7 cm³/mol. The van der Waals surface area contributed by atoms with E-state index in [0.29, 0.717) is 11.8 Å². The molecule has 2 aromatic carbocycles. The van der Waals surface area contributed by atoms with Gasteiger partial charge in [0.15, 0.2) is 0 Å². The van der Waals surface area contributed by atoms with E-state index in [4.69, 9.17) is 5.73 Å². The van der Waals surface area contributed by atoms with Crippen molar-refractivity contribution < 1.29 is 23.2 Å². The van der Waals surface area contributed by atoms with Gasteiger partial charge in [-0.05, 0) is 49.9 Å². The molecule has 0 aliphatic heterocycles. The average Bonchev–Trinajstić information content (AvgIpc) is 2.54. The van der Waals surface area contributed by atoms with Gasteiger partial charge in [0.25, 0.3) is 5.91 Å². The number of rotatable bonds is 5. The molecule has 0 aromatic heterocycles. The Hall–Kier alpha value is -2.74. The Balaban J connectivity index is 2.31. The number of amides is 2. The van der Waals surface area contributed by atoms with Gasteiger partial charge in [0.1, 0.15) is 22.7 Å². The first-order valence-electron chi connectivity index (χ1n) is 7.51. The molecule has 5 nitrogen and oxygen atoms in total. The summed E-state index contributed by atoms with van der Waals surface area (Å²) in [7, 11) is 0. The number of thioether (sulfide) groups is 1. The fraction of sp³-hybridized carbons (Fsp3) is 0.167. The van der Waals surface area contributed by atoms with Gasteiger partial charge in [0.05, 0.1) is 5.56 Å². The van der Waals surface area contributed by atoms with Crippen LogP contribution in [0, 0.1) is 11.6 Å². The average molecular weight is 378 g/mol. The van der Waals surface area contributed by atoms with Gasteiger partial charge in [0, 0.05) is 4.90 Å². The van der Waals surface area contributed by atoms with E-state index in [1.54, 1.807) is 12.1 Å². The molecule has 2 aromatic rings. The Morgan fingerprint density at radius 3 is 2.15 bits per heavy atom. The number of hydrogen-bond acceptors (Lipinski definition) is 4. The fourth-order valence-electron chi connectivity index (χ4n) is 2.00. The molecular formula is C18H16F2N2O3S. The topological polar surface area (TPSA) is 89.3 Å². The monoisotopic (exact) mass is 378 g/mol. The first-order valence-corrected chi connectivity index (χ1v) is 8.33. The van der Waals surface area contributed by atoms with Crippen LogP contribution in [0.5, 0.6) is 0 Å². The number of benzene rings is 2. The third kappa shape index (κ3) is 4.26. The second kappa shape index (κ2) is 7.65. The summed E-state index contributed by atoms with van der Waals surface area (Å²) in [5, 5.41) is 1.58. The van der Waals surface area contributed by atoms with Gasteiger partial charge in [0.2, 0.25) is 11.0 Å². The van der Waals surface area contributed by atoms with E-state index < -0.39 is 39.7 Å². The van der Waals surface area contributed by atoms with E-state index in [1.807, 2.05) is 0 Å². The van der Waals surface area contributed by atoms with Gasteiger partial charge in [-0.3, -0.25) is 14.4 Å². The molecule has 0 saturated heterocycles. The molecule has 0 bridgehead atoms. The van der Waals surface area contributed by atoms with Gasteiger partial charge in [-0.25, -0.2) is 8.78 Å². The second-order valence-electron chi connectivity index (χ2n) is 5.93. The van der Waals surface area contributed by atoms with Crippen molar-refractivity contribution in [1.82, 2.24) is 5.32 Å². The highest BCUT2D eigenvalue weighted by atomic mass is 32.2. The summed E-state index contributed by atoms with van der Waals surface area (Å²) < 4.78 is 27.5. The number of nitrogens with one attached hydrogen (secondary N) is 1. The number of nitrogens with two attached hydrogens (primary N) is 1. The lowest BCUT2D eigenvalue weighted by molar-refractivity contribution is -0.122. The molecule has 136 valence electrons. The summed E-state index contributed by atoms with van der Waals surface area (Å²) in [4.78, 5) is 36.3. The number of carbonyl (C=O) groups excluding carboxylic acids is 3. The van der Waals surface area contributed by atoms with Gasteiger partial charge < -0.3 is 11.1 Å². The van der Waals surface area contributed by atoms with E-state index >= 15 is 0 Å². The van der Waals surface area contributed by atoms with Gasteiger partial charge in [-0.15, -0.1) is 0 Å². The Kier molecular flexibility index (Phi) is 5.76. The Morgan fingerprint density at radius 2 is 1.58 bits per heavy atom. The van der Waals surface area contributed by atoms with Crippen LogP contribution in [-0.4, -0.2) is 22.5 Å². The lowest BCUT2D eigenvalue weighted by atomic mass is 10.0. The van der Waals surface area contributed by atoms with Gasteiger partial charge >= 0.3 is 0 Å². The lowest BCUT2D eigenvalue weighted by Crippen LogP contribution is -2.53. The molecule has 2 amide bonds. The Morgan fingerprint density at radius 1 is 1.00 bits per heavy atom. The second-order valence-corrected chi connectivity index (χ2v) is 6.94. The van der Waals surface area contributed by atoms with Crippen LogP contribution in [0.4, 0.5) is 8.78 Å². The molecule has 0 saturated carbocycles. The highest BCUT2D eigenvalue weighted by molar-refractivity contribution is 8.14. The summed E-state index contributed by atoms with van der Waals surface area (Å²) in [6.45, 7) is 2.87. The van der Waals surface area contributed by atoms with Crippen LogP contribution < -0.4 is 11.1 Å². The minimum absolute atomic E-state index is 0.0805. The smallest absolute Gasteiger partial charge is 0.253 e. The number of carbonyl (C=O) groups is 3. The molecule has 8 heteroatoms. The molecular weight excluding hydrogens is 362 g/mol. The SMILES string of the molecule is CC(C)(NC(=O)c1ccccc1SC(=O)c1c(F)cccc1F)C(N)=O. The molecule has 0 aliphatic carbocycles. The molecule has 0 fully saturated rings. The maximum atomic E-state index is 13.8. The van der Waals surface area contributed by atoms with E-state index in [1.165, 1.54) is 26.0 Å². The predicted octanol–water partition coefficient (Wildman–Crippen LogP) is 2.89. The summed E-state index contributed by atoms with van der Waals surface area (Å²) >= 11 is 0.518. The van der Waals surface area contributed by atoms with Crippen LogP contribution >= 0.6 is 11.8 Å². The molecule has 0 atom stereocenters. The molecule has 0 spiro atoms. The van der Waals surface area contributed by atoms with Crippen molar-refractivity contribution >= 4 is 28.7 Å². The van der Waals surface area contributed by atoms with Crippen molar-refractivity contribution in [2.45, 2.75) is 24.3 Å². The van der Waals surface area contributed by atoms with Crippen molar-refractivity contribution in [2.75, 3.05) is 0 Å². The number of halogens is 2. The summed E-state index contributed by atoms with van der Waals surface area (Å²) in [5.74, 6) is -3.35. The van der Waals surface area contributed by atoms with Crippen LogP contribution in [0.2, 0.25) is 0 Å². The molecule has 3 N–H and O–H groups in total. The maximum absolute atomic E-state index is 13.8. The van der Waals surface area contributed by atoms with E-state index in [2.05, 4.69) is 5.32 Å². The Labute approximate surface area is 153 Å². The minimum Gasteiger partial charge on any atom is -0.368 e. The third-order valence-corrected chi connectivity index (χ3v) is 4.51. The molecule has 26 heavy (non-hydrogen) atoms. The molecule has 0 radical (unpaired) electrons. The molecule has 0 aliphatic rings. The first kappa shape index (κ1) is 19.6. The quantitative estimate of drug-likeness (QED) is 0.783. The van der Waals surface area contributed by atoms with E-state index in [-0.39, 0.29) is 10.5 Å². The zero-order chi connectivity index (χ0) is 19.5. The third-order valence-electron chi connectivity index (χ3n) is 3.54. The standard InChI is InChI=1S/C18H16F2N2O3S/c1-18(2,17(21)25)22-15(23)10-6-3-4-9-13(10)26-16(24)14-11(19)7-5-8-12(14)20/h3-9H,1-2H3,(H2,21,25)(H,22,23). The summed E-state index contributed by atoms with van der Waals surface area (Å²) in [6.07, 6.45) is 0. The van der Waals surface area contributed by atoms with Gasteiger partial charge in [-0.1, -0.05) is 18.2 Å². The van der Waals surface area contributed by atoms with Crippen molar-refractivity contribution in [3.05, 3.63) is 65.2 Å². The number of hydrogen-bond donors (Lipinski definition) is 2. The fourth-order valence-corrected chi connectivity index (χ4v) is 2.91. The first-order chi connectivity index (χ1) is 12.1. The largest absolute Gasteiger partial charge is 0.368 e. The zero-order valence-corrected chi connectivity index (χ0v) is 14.8. The summed E-state index contributed by atoms with van der Waals surface area (Å²) in [6, 6.07) is 9.14. The normalized spacial score (nSPS) is 11.1. The summed E-state index contributed by atoms with van der Waals surface area (Å²) in [5.41, 5.74) is 3.31. The van der Waals surface area contributed by atoms with Crippen molar-refractivity contribution in [1.29, 1.82) is 0 Å². The molecule has 0 heterocycles. The van der Waals surface area contributed by atoms with E-state index in [9.17, 15) is 23.2 Å². The highest BCUT2D eigenvalue weighted by Gasteiger charge is 2.29. The van der Waals surface area contributed by atoms with Crippen LogP contribution in [0.25, 0.3) is 0 Å². The van der Waals surface area contributed by atoms with Crippen LogP contribution in [0.3, 0.4) is 0 Å². The Bertz CT molecular complexity index is 864.